The van der Waals surface area contributed by atoms with Crippen LogP contribution in [-0.2, 0) is 44.7 Å². The number of nitrogens with two attached hydrogens (primary N) is 1. The standard InChI is InChI=1S/C13H13NO4.C11H19N3S.Cd/c1-7(2)10(13(17)18)14-11(15)8-5-3-4-6-9(8)12(14)16;1-9(2)5-4-6-10(3)7-8-13-14-11(12)15;/h3-7,10H,1-2H3,(H,17,18);5,7-8H,4,6H2,1-3H3,(H3,12,14,15);/q;;+2/p-2/b;10-7-,13-8+;/t10-;;/m0../s1. The van der Waals surface area contributed by atoms with Crippen LogP contribution < -0.4 is 10.8 Å². The number of hydrogen-bond acceptors (Lipinski definition) is 7. The summed E-state index contributed by atoms with van der Waals surface area (Å²) in [6, 6.07) is 5.07. The molecule has 0 radical (unpaired) electrons. The molecule has 178 valence electrons. The number of benzene rings is 1. The molecule has 1 aliphatic heterocycles. The minimum atomic E-state index is -1.42. The second-order valence-corrected chi connectivity index (χ2v) is 8.49. The van der Waals surface area contributed by atoms with Gasteiger partial charge in [-0.3, -0.25) is 14.5 Å². The molecule has 1 aromatic rings. The summed E-state index contributed by atoms with van der Waals surface area (Å²) >= 11 is 4.54. The fraction of sp³-hybridized carbons (Fsp3) is 0.375. The Hall–Kier alpha value is -2.41. The number of rotatable bonds is 8. The summed E-state index contributed by atoms with van der Waals surface area (Å²) in [5, 5.41) is 18.4. The number of nitrogens with zero attached hydrogens (tertiary/aromatic N) is 3. The summed E-state index contributed by atoms with van der Waals surface area (Å²) in [7, 11) is 0. The van der Waals surface area contributed by atoms with Crippen molar-refractivity contribution in [1.82, 2.24) is 4.90 Å². The quantitative estimate of drug-likeness (QED) is 0.0954. The average molecular weight is 583 g/mol. The first-order chi connectivity index (χ1) is 15.5. The van der Waals surface area contributed by atoms with Gasteiger partial charge in [-0.2, -0.15) is 10.2 Å². The number of carbonyl (C=O) groups is 3. The van der Waals surface area contributed by atoms with E-state index in [1.165, 1.54) is 23.3 Å². The maximum atomic E-state index is 12.1. The third-order valence-corrected chi connectivity index (χ3v) is 4.73. The van der Waals surface area contributed by atoms with Gasteiger partial charge < -0.3 is 28.3 Å². The van der Waals surface area contributed by atoms with E-state index in [0.29, 0.717) is 0 Å². The fourth-order valence-corrected chi connectivity index (χ4v) is 3.11. The SMILES string of the molecule is CC(C)=CCC\C(C)=C/C=N/N=C(/N)[S-].CC(C)[C@@H](C(=O)[O-])N1C(=O)c2ccccc2C1=O.[Cd+2]. The molecule has 0 fully saturated rings. The van der Waals surface area contributed by atoms with Gasteiger partial charge in [0.15, 0.2) is 0 Å². The Labute approximate surface area is 226 Å². The van der Waals surface area contributed by atoms with Crippen molar-refractivity contribution in [2.45, 2.75) is 53.5 Å². The van der Waals surface area contributed by atoms with E-state index in [9.17, 15) is 19.5 Å². The molecular formula is C24H30CdN4O4S. The molecule has 10 heteroatoms. The van der Waals surface area contributed by atoms with Crippen molar-refractivity contribution in [3.05, 3.63) is 58.7 Å². The van der Waals surface area contributed by atoms with Crippen molar-refractivity contribution in [2.75, 3.05) is 0 Å². The predicted molar refractivity (Wildman–Crippen MR) is 130 cm³/mol. The summed E-state index contributed by atoms with van der Waals surface area (Å²) in [5.74, 6) is -2.96. The number of carboxylic acid groups (broad SMARTS) is 1. The first-order valence-electron chi connectivity index (χ1n) is 10.5. The second kappa shape index (κ2) is 15.5. The molecule has 8 nitrogen and oxygen atoms in total. The molecule has 0 saturated carbocycles. The molecule has 0 aliphatic carbocycles. The maximum absolute atomic E-state index is 12.1. The van der Waals surface area contributed by atoms with Gasteiger partial charge in [-0.25, -0.2) is 0 Å². The second-order valence-electron chi connectivity index (χ2n) is 8.07. The van der Waals surface area contributed by atoms with Gasteiger partial charge in [-0.05, 0) is 62.9 Å². The molecule has 2 amide bonds. The first-order valence-corrected chi connectivity index (χ1v) is 10.9. The molecular weight excluding hydrogens is 553 g/mol. The van der Waals surface area contributed by atoms with Crippen molar-refractivity contribution < 1.29 is 46.8 Å². The Morgan fingerprint density at radius 1 is 1.15 bits per heavy atom. The van der Waals surface area contributed by atoms with E-state index in [-0.39, 0.29) is 43.6 Å². The van der Waals surface area contributed by atoms with E-state index in [1.54, 1.807) is 32.2 Å². The number of amides is 2. The van der Waals surface area contributed by atoms with Crippen LogP contribution >= 0.6 is 0 Å². The summed E-state index contributed by atoms with van der Waals surface area (Å²) in [5.41, 5.74) is 8.24. The van der Waals surface area contributed by atoms with Crippen LogP contribution in [0.5, 0.6) is 0 Å². The Balaban J connectivity index is 0.000000635. The van der Waals surface area contributed by atoms with Gasteiger partial charge in [0.25, 0.3) is 11.8 Å². The number of allylic oxidation sites excluding steroid dienone is 4. The Morgan fingerprint density at radius 2 is 1.68 bits per heavy atom. The Kier molecular flexibility index (Phi) is 14.4. The monoisotopic (exact) mass is 584 g/mol. The minimum absolute atomic E-state index is 0. The van der Waals surface area contributed by atoms with Crippen molar-refractivity contribution in [3.8, 4) is 0 Å². The van der Waals surface area contributed by atoms with E-state index >= 15 is 0 Å². The molecule has 2 rings (SSSR count). The third-order valence-electron chi connectivity index (χ3n) is 4.65. The zero-order chi connectivity index (χ0) is 25.1. The normalized spacial score (nSPS) is 14.4. The van der Waals surface area contributed by atoms with Gasteiger partial charge in [0.05, 0.1) is 23.1 Å². The van der Waals surface area contributed by atoms with E-state index in [4.69, 9.17) is 5.73 Å². The molecule has 34 heavy (non-hydrogen) atoms. The summed E-state index contributed by atoms with van der Waals surface area (Å²) in [4.78, 5) is 36.0. The third kappa shape index (κ3) is 9.84. The maximum Gasteiger partial charge on any atom is 2.00 e. The number of carboxylic acids is 1. The van der Waals surface area contributed by atoms with Gasteiger partial charge in [0.2, 0.25) is 0 Å². The van der Waals surface area contributed by atoms with E-state index in [2.05, 4.69) is 49.7 Å². The summed E-state index contributed by atoms with van der Waals surface area (Å²) < 4.78 is 0. The number of imide groups is 1. The van der Waals surface area contributed by atoms with Gasteiger partial charge in [-0.1, -0.05) is 43.2 Å². The van der Waals surface area contributed by atoms with Gasteiger partial charge in [-0.15, -0.1) is 0 Å². The van der Waals surface area contributed by atoms with Gasteiger partial charge in [0, 0.05) is 6.21 Å². The van der Waals surface area contributed by atoms with Crippen LogP contribution in [-0.4, -0.2) is 40.1 Å². The molecule has 0 saturated heterocycles. The Bertz CT molecular complexity index is 959. The minimum Gasteiger partial charge on any atom is -0.741 e. The van der Waals surface area contributed by atoms with Crippen LogP contribution in [0.3, 0.4) is 0 Å². The zero-order valence-electron chi connectivity index (χ0n) is 20.3. The fourth-order valence-electron chi connectivity index (χ4n) is 3.06. The average Bonchev–Trinajstić information content (AvgIpc) is 2.96. The van der Waals surface area contributed by atoms with Crippen molar-refractivity contribution in [3.63, 3.8) is 0 Å². The summed E-state index contributed by atoms with van der Waals surface area (Å²) in [6.45, 7) is 9.52. The van der Waals surface area contributed by atoms with E-state index in [0.717, 1.165) is 17.7 Å². The van der Waals surface area contributed by atoms with Crippen LogP contribution in [0.1, 0.15) is 68.2 Å². The van der Waals surface area contributed by atoms with Crippen molar-refractivity contribution in [1.29, 1.82) is 0 Å². The van der Waals surface area contributed by atoms with Crippen LogP contribution in [0.15, 0.2) is 57.8 Å². The van der Waals surface area contributed by atoms with Crippen LogP contribution in [0, 0.1) is 5.92 Å². The van der Waals surface area contributed by atoms with Crippen molar-refractivity contribution >= 4 is 41.8 Å². The molecule has 0 bridgehead atoms. The summed E-state index contributed by atoms with van der Waals surface area (Å²) in [6.07, 6.45) is 7.83. The first kappa shape index (κ1) is 31.6. The predicted octanol–water partition coefficient (Wildman–Crippen LogP) is 2.58. The topological polar surface area (TPSA) is 128 Å². The van der Waals surface area contributed by atoms with Crippen LogP contribution in [0.4, 0.5) is 0 Å². The van der Waals surface area contributed by atoms with Gasteiger partial charge >= 0.3 is 27.3 Å². The molecule has 1 aromatic carbocycles. The van der Waals surface area contributed by atoms with Crippen molar-refractivity contribution in [2.24, 2.45) is 21.9 Å². The molecule has 0 spiro atoms. The van der Waals surface area contributed by atoms with Gasteiger partial charge in [0.1, 0.15) is 0 Å². The number of amidine groups is 1. The number of fused-ring (bicyclic) bond motifs is 1. The number of carbonyl (C=O) groups excluding carboxylic acids is 3. The molecule has 1 heterocycles. The van der Waals surface area contributed by atoms with Crippen LogP contribution in [0.2, 0.25) is 0 Å². The van der Waals surface area contributed by atoms with Crippen LogP contribution in [0.25, 0.3) is 0 Å². The number of aliphatic carboxylic acids is 1. The molecule has 1 atom stereocenters. The largest absolute Gasteiger partial charge is 2.00 e. The molecule has 1 aliphatic rings. The molecule has 0 unspecified atom stereocenters. The van der Waals surface area contributed by atoms with E-state index in [1.807, 2.05) is 6.08 Å². The Morgan fingerprint density at radius 3 is 2.09 bits per heavy atom. The van der Waals surface area contributed by atoms with E-state index < -0.39 is 29.7 Å². The molecule has 0 aromatic heterocycles. The zero-order valence-corrected chi connectivity index (χ0v) is 25.1. The smallest absolute Gasteiger partial charge is 0.741 e. The number of hydrogen-bond donors (Lipinski definition) is 1. The molecule has 2 N–H and O–H groups in total.